The summed E-state index contributed by atoms with van der Waals surface area (Å²) in [5, 5.41) is 0. The topological polar surface area (TPSA) is 15.6 Å². The Kier molecular flexibility index (Phi) is 6.55. The van der Waals surface area contributed by atoms with E-state index < -0.39 is 12.2 Å². The molecule has 92 valence electrons. The maximum absolute atomic E-state index is 12.6. The number of alkyl halides is 3. The number of aliphatic imine (C=N–C) groups is 1. The molecule has 6 heteroatoms. The second kappa shape index (κ2) is 6.59. The Hall–Kier alpha value is -0.104. The summed E-state index contributed by atoms with van der Waals surface area (Å²) in [5.41, 5.74) is 0. The van der Waals surface area contributed by atoms with Crippen LogP contribution in [0.15, 0.2) is 4.99 Å². The van der Waals surface area contributed by atoms with E-state index in [1.54, 1.807) is 0 Å². The Bertz CT molecular complexity index is 239. The van der Waals surface area contributed by atoms with Gasteiger partial charge in [-0.25, -0.2) is 0 Å². The molecule has 1 atom stereocenters. The van der Waals surface area contributed by atoms with Crippen molar-refractivity contribution < 1.29 is 13.2 Å². The number of hydrogen-bond donors (Lipinski definition) is 0. The summed E-state index contributed by atoms with van der Waals surface area (Å²) in [6, 6.07) is -1.43. The van der Waals surface area contributed by atoms with Crippen LogP contribution in [-0.2, 0) is 0 Å². The Morgan fingerprint density at radius 1 is 1.31 bits per heavy atom. The van der Waals surface area contributed by atoms with Crippen LogP contribution in [-0.4, -0.2) is 46.5 Å². The minimum atomic E-state index is -4.19. The molecule has 2 radical (unpaired) electrons. The van der Waals surface area contributed by atoms with Crippen molar-refractivity contribution in [2.75, 3.05) is 0 Å². The van der Waals surface area contributed by atoms with Crippen molar-refractivity contribution in [2.24, 2.45) is 4.99 Å². The molecule has 0 heterocycles. The van der Waals surface area contributed by atoms with Gasteiger partial charge in [-0.2, -0.15) is 0 Å². The number of rotatable bonds is 4. The van der Waals surface area contributed by atoms with Crippen molar-refractivity contribution in [3.05, 3.63) is 0 Å². The van der Waals surface area contributed by atoms with E-state index in [1.165, 1.54) is 10.5 Å². The zero-order valence-electron chi connectivity index (χ0n) is 10.2. The molecule has 0 saturated carbocycles. The second-order valence-electron chi connectivity index (χ2n) is 4.01. The minimum absolute atomic E-state index is 0.0280. The van der Waals surface area contributed by atoms with Gasteiger partial charge in [-0.15, -0.1) is 0 Å². The van der Waals surface area contributed by atoms with Crippen LogP contribution in [0.1, 0.15) is 40.5 Å². The van der Waals surface area contributed by atoms with E-state index in [0.717, 1.165) is 25.3 Å². The number of amidine groups is 1. The van der Waals surface area contributed by atoms with Crippen LogP contribution in [0.2, 0.25) is 0 Å². The summed E-state index contributed by atoms with van der Waals surface area (Å²) >= 11 is 0.952. The molecule has 0 aliphatic heterocycles. The van der Waals surface area contributed by atoms with Crippen LogP contribution in [0, 0.1) is 0 Å². The molecule has 0 saturated heterocycles. The SMILES string of the molecule is CCCC(=NC(C)C)[N]([Ga])C(C)C(F)(F)F. The van der Waals surface area contributed by atoms with Crippen molar-refractivity contribution in [1.82, 2.24) is 3.61 Å². The van der Waals surface area contributed by atoms with E-state index in [9.17, 15) is 13.2 Å². The molecule has 0 spiro atoms. The van der Waals surface area contributed by atoms with Crippen LogP contribution >= 0.6 is 0 Å². The van der Waals surface area contributed by atoms with Crippen molar-refractivity contribution in [2.45, 2.75) is 58.8 Å². The number of hydrogen-bond acceptors (Lipinski definition) is 1. The molecule has 0 aliphatic carbocycles. The Morgan fingerprint density at radius 2 is 1.81 bits per heavy atom. The standard InChI is InChI=1S/C10H18F3N2.Ga/c1-5-6-9(14-7(2)3)15-8(4)10(11,12)13;/h7-8H,5-6H2,1-4H3;/q-1;+1. The molecule has 0 fully saturated rings. The zero-order chi connectivity index (χ0) is 12.9. The van der Waals surface area contributed by atoms with Gasteiger partial charge in [0.1, 0.15) is 0 Å². The number of nitrogens with zero attached hydrogens (tertiary/aromatic N) is 2. The third kappa shape index (κ3) is 5.29. The fourth-order valence-electron chi connectivity index (χ4n) is 1.16. The van der Waals surface area contributed by atoms with Crippen LogP contribution in [0.3, 0.4) is 0 Å². The summed E-state index contributed by atoms with van der Waals surface area (Å²) < 4.78 is 38.9. The molecule has 0 aromatic rings. The van der Waals surface area contributed by atoms with Gasteiger partial charge < -0.3 is 0 Å². The third-order valence-electron chi connectivity index (χ3n) is 2.07. The summed E-state index contributed by atoms with van der Waals surface area (Å²) in [6.07, 6.45) is -2.80. The molecule has 0 amide bonds. The van der Waals surface area contributed by atoms with Crippen molar-refractivity contribution in [3.63, 3.8) is 0 Å². The Labute approximate surface area is 105 Å². The average Bonchev–Trinajstić information content (AvgIpc) is 2.12. The molecular formula is C10H18F3GaN2. The first kappa shape index (κ1) is 15.9. The first-order chi connectivity index (χ1) is 7.20. The van der Waals surface area contributed by atoms with Gasteiger partial charge in [0, 0.05) is 0 Å². The Morgan fingerprint density at radius 3 is 2.12 bits per heavy atom. The fraction of sp³-hybridized carbons (Fsp3) is 0.900. The predicted molar refractivity (Wildman–Crippen MR) is 60.6 cm³/mol. The molecular weight excluding hydrogens is 275 g/mol. The van der Waals surface area contributed by atoms with Gasteiger partial charge in [0.25, 0.3) is 0 Å². The normalized spacial score (nSPS) is 15.4. The number of halogens is 3. The summed E-state index contributed by atoms with van der Waals surface area (Å²) in [7, 11) is 0. The zero-order valence-corrected chi connectivity index (χ0v) is 12.6. The molecule has 0 bridgehead atoms. The van der Waals surface area contributed by atoms with E-state index in [1.807, 2.05) is 20.8 Å². The van der Waals surface area contributed by atoms with Crippen molar-refractivity contribution in [1.29, 1.82) is 0 Å². The molecule has 0 N–H and O–H groups in total. The predicted octanol–water partition coefficient (Wildman–Crippen LogP) is 2.93. The third-order valence-corrected chi connectivity index (χ3v) is 3.63. The van der Waals surface area contributed by atoms with E-state index >= 15 is 0 Å². The quantitative estimate of drug-likeness (QED) is 0.442. The van der Waals surface area contributed by atoms with Crippen LogP contribution < -0.4 is 0 Å². The first-order valence-electron chi connectivity index (χ1n) is 5.37. The average molecular weight is 293 g/mol. The molecule has 0 aliphatic rings. The second-order valence-corrected chi connectivity index (χ2v) is 5.18. The van der Waals surface area contributed by atoms with Crippen molar-refractivity contribution >= 4 is 24.7 Å². The van der Waals surface area contributed by atoms with Gasteiger partial charge in [0.2, 0.25) is 0 Å². The molecule has 2 nitrogen and oxygen atoms in total. The van der Waals surface area contributed by atoms with Crippen molar-refractivity contribution in [3.8, 4) is 0 Å². The maximum atomic E-state index is 12.6. The summed E-state index contributed by atoms with van der Waals surface area (Å²) in [5.74, 6) is 0.558. The molecule has 0 rings (SSSR count). The first-order valence-corrected chi connectivity index (χ1v) is 6.45. The summed E-state index contributed by atoms with van der Waals surface area (Å²) in [4.78, 5) is 4.26. The molecule has 16 heavy (non-hydrogen) atoms. The van der Waals surface area contributed by atoms with Gasteiger partial charge in [0.15, 0.2) is 0 Å². The Balaban J connectivity index is 4.81. The van der Waals surface area contributed by atoms with Crippen LogP contribution in [0.25, 0.3) is 0 Å². The fourth-order valence-corrected chi connectivity index (χ4v) is 1.93. The molecule has 0 aromatic heterocycles. The van der Waals surface area contributed by atoms with Crippen LogP contribution in [0.5, 0.6) is 0 Å². The van der Waals surface area contributed by atoms with E-state index in [4.69, 9.17) is 0 Å². The summed E-state index contributed by atoms with van der Waals surface area (Å²) in [6.45, 7) is 6.85. The molecule has 1 unspecified atom stereocenters. The van der Waals surface area contributed by atoms with E-state index in [0.29, 0.717) is 12.3 Å². The van der Waals surface area contributed by atoms with E-state index in [-0.39, 0.29) is 6.04 Å². The van der Waals surface area contributed by atoms with Gasteiger partial charge in [-0.05, 0) is 0 Å². The van der Waals surface area contributed by atoms with Gasteiger partial charge in [0.05, 0.1) is 0 Å². The van der Waals surface area contributed by atoms with Gasteiger partial charge in [-0.1, -0.05) is 0 Å². The molecule has 0 aromatic carbocycles. The monoisotopic (exact) mass is 292 g/mol. The van der Waals surface area contributed by atoms with Crippen LogP contribution in [0.4, 0.5) is 13.2 Å². The van der Waals surface area contributed by atoms with Gasteiger partial charge >= 0.3 is 105 Å². The van der Waals surface area contributed by atoms with E-state index in [2.05, 4.69) is 4.99 Å². The van der Waals surface area contributed by atoms with Gasteiger partial charge in [-0.3, -0.25) is 0 Å².